The highest BCUT2D eigenvalue weighted by Crippen LogP contribution is 2.32. The molecule has 0 unspecified atom stereocenters. The molecule has 2 heterocycles. The average molecular weight is 396 g/mol. The van der Waals surface area contributed by atoms with Crippen molar-refractivity contribution in [3.8, 4) is 0 Å². The molecule has 1 aromatic heterocycles. The second kappa shape index (κ2) is 8.73. The molecule has 0 bridgehead atoms. The van der Waals surface area contributed by atoms with Gasteiger partial charge in [0.05, 0.1) is 12.1 Å². The van der Waals surface area contributed by atoms with Gasteiger partial charge in [-0.25, -0.2) is 0 Å². The molecule has 29 heavy (non-hydrogen) atoms. The highest BCUT2D eigenvalue weighted by Gasteiger charge is 2.38. The van der Waals surface area contributed by atoms with Gasteiger partial charge in [-0.05, 0) is 38.3 Å². The molecule has 4 rings (SSSR count). The van der Waals surface area contributed by atoms with Crippen LogP contribution in [0.5, 0.6) is 0 Å². The van der Waals surface area contributed by atoms with E-state index in [1.54, 1.807) is 0 Å². The van der Waals surface area contributed by atoms with E-state index < -0.39 is 0 Å². The number of carbonyl (C=O) groups excluding carboxylic acids is 2. The molecule has 2 aliphatic rings. The zero-order chi connectivity index (χ0) is 20.2. The van der Waals surface area contributed by atoms with Crippen LogP contribution >= 0.6 is 0 Å². The molecule has 8 nitrogen and oxygen atoms in total. The van der Waals surface area contributed by atoms with Crippen molar-refractivity contribution in [3.63, 3.8) is 0 Å². The Morgan fingerprint density at radius 2 is 1.72 bits per heavy atom. The Morgan fingerprint density at radius 1 is 1.03 bits per heavy atom. The summed E-state index contributed by atoms with van der Waals surface area (Å²) < 4.78 is 0. The summed E-state index contributed by atoms with van der Waals surface area (Å²) in [6.07, 6.45) is 4.85. The summed E-state index contributed by atoms with van der Waals surface area (Å²) in [7, 11) is 2.08. The smallest absolute Gasteiger partial charge is 0.273 e. The quantitative estimate of drug-likeness (QED) is 0.707. The third kappa shape index (κ3) is 4.64. The lowest BCUT2D eigenvalue weighted by molar-refractivity contribution is -0.126. The molecule has 2 atom stereocenters. The van der Waals surface area contributed by atoms with Crippen molar-refractivity contribution in [1.82, 2.24) is 30.9 Å². The first-order chi connectivity index (χ1) is 14.1. The van der Waals surface area contributed by atoms with Crippen LogP contribution in [0.1, 0.15) is 47.7 Å². The first kappa shape index (κ1) is 19.6. The van der Waals surface area contributed by atoms with E-state index in [2.05, 4.69) is 50.1 Å². The first-order valence-corrected chi connectivity index (χ1v) is 10.3. The topological polar surface area (TPSA) is 103 Å². The molecule has 2 fully saturated rings. The molecule has 0 spiro atoms. The van der Waals surface area contributed by atoms with E-state index in [1.165, 1.54) is 11.8 Å². The summed E-state index contributed by atoms with van der Waals surface area (Å²) in [4.78, 5) is 27.4. The lowest BCUT2D eigenvalue weighted by Gasteiger charge is -2.30. The summed E-state index contributed by atoms with van der Waals surface area (Å²) >= 11 is 0. The Balaban J connectivity index is 1.28. The van der Waals surface area contributed by atoms with Gasteiger partial charge in [0, 0.05) is 31.1 Å². The number of likely N-dealkylation sites (N-methyl/N-ethyl adjacent to an activating group) is 1. The normalized spacial score (nSPS) is 27.5. The molecule has 154 valence electrons. The maximum Gasteiger partial charge on any atom is 0.273 e. The number of rotatable bonds is 5. The fraction of sp³-hybridized carbons (Fsp3) is 0.524. The average Bonchev–Trinajstić information content (AvgIpc) is 3.40. The second-order valence-electron chi connectivity index (χ2n) is 8.23. The number of nitrogens with one attached hydrogen (secondary N) is 3. The van der Waals surface area contributed by atoms with E-state index in [9.17, 15) is 9.59 Å². The fourth-order valence-electron chi connectivity index (χ4n) is 4.56. The number of nitrogens with zero attached hydrogens (tertiary/aromatic N) is 3. The molecule has 0 radical (unpaired) electrons. The van der Waals surface area contributed by atoms with Crippen LogP contribution in [-0.4, -0.2) is 64.3 Å². The van der Waals surface area contributed by atoms with Crippen molar-refractivity contribution in [3.05, 3.63) is 47.8 Å². The zero-order valence-corrected chi connectivity index (χ0v) is 16.7. The monoisotopic (exact) mass is 396 g/mol. The van der Waals surface area contributed by atoms with Crippen LogP contribution in [-0.2, 0) is 4.79 Å². The molecule has 1 aromatic carbocycles. The number of carbonyl (C=O) groups is 2. The fourth-order valence-corrected chi connectivity index (χ4v) is 4.56. The number of benzene rings is 1. The summed E-state index contributed by atoms with van der Waals surface area (Å²) in [6.45, 7) is 1.69. The standard InChI is InChI=1S/C21H28N6O2/c1-27-12-17(14-5-3-2-4-6-14)18(13-27)20(28)23-15-7-9-16(10-8-15)24-21(29)19-11-22-26-25-19/h2-6,11,15-18H,7-10,12-13H2,1H3,(H,23,28)(H,24,29)(H,22,25,26)/t15?,16?,17-,18+/m1/s1. The molecule has 3 N–H and O–H groups in total. The number of hydrogen-bond acceptors (Lipinski definition) is 5. The Morgan fingerprint density at radius 3 is 2.38 bits per heavy atom. The molecule has 1 saturated heterocycles. The van der Waals surface area contributed by atoms with Gasteiger partial charge in [-0.3, -0.25) is 9.59 Å². The minimum atomic E-state index is -0.203. The van der Waals surface area contributed by atoms with Crippen LogP contribution < -0.4 is 10.6 Å². The van der Waals surface area contributed by atoms with Gasteiger partial charge >= 0.3 is 0 Å². The molecule has 1 saturated carbocycles. The number of hydrogen-bond donors (Lipinski definition) is 3. The van der Waals surface area contributed by atoms with E-state index in [0.717, 1.165) is 38.8 Å². The SMILES string of the molecule is CN1C[C@H](C(=O)NC2CCC(NC(=O)c3cn[nH]n3)CC2)[C@@H](c2ccccc2)C1. The Kier molecular flexibility index (Phi) is 5.89. The van der Waals surface area contributed by atoms with Gasteiger partial charge < -0.3 is 15.5 Å². The van der Waals surface area contributed by atoms with Crippen molar-refractivity contribution >= 4 is 11.8 Å². The third-order valence-corrected chi connectivity index (χ3v) is 6.12. The highest BCUT2D eigenvalue weighted by atomic mass is 16.2. The van der Waals surface area contributed by atoms with Gasteiger partial charge in [0.15, 0.2) is 5.69 Å². The van der Waals surface area contributed by atoms with Gasteiger partial charge in [-0.15, -0.1) is 0 Å². The summed E-state index contributed by atoms with van der Waals surface area (Å²) in [5.74, 6) is 0.162. The lowest BCUT2D eigenvalue weighted by atomic mass is 9.87. The largest absolute Gasteiger partial charge is 0.353 e. The number of likely N-dealkylation sites (tertiary alicyclic amines) is 1. The molecule has 1 aliphatic heterocycles. The summed E-state index contributed by atoms with van der Waals surface area (Å²) in [6, 6.07) is 10.6. The van der Waals surface area contributed by atoms with Gasteiger partial charge in [0.1, 0.15) is 0 Å². The van der Waals surface area contributed by atoms with Crippen LogP contribution in [0.25, 0.3) is 0 Å². The Bertz CT molecular complexity index is 817. The number of amides is 2. The number of aromatic nitrogens is 3. The number of H-pyrrole nitrogens is 1. The van der Waals surface area contributed by atoms with Crippen molar-refractivity contribution in [2.24, 2.45) is 5.92 Å². The van der Waals surface area contributed by atoms with Crippen LogP contribution in [0, 0.1) is 5.92 Å². The minimum absolute atomic E-state index is 0.0213. The Labute approximate surface area is 170 Å². The highest BCUT2D eigenvalue weighted by molar-refractivity contribution is 5.92. The second-order valence-corrected chi connectivity index (χ2v) is 8.23. The predicted octanol–water partition coefficient (Wildman–Crippen LogP) is 1.31. The van der Waals surface area contributed by atoms with Crippen LogP contribution in [0.15, 0.2) is 36.5 Å². The maximum atomic E-state index is 13.0. The van der Waals surface area contributed by atoms with Gasteiger partial charge in [0.2, 0.25) is 5.91 Å². The third-order valence-electron chi connectivity index (χ3n) is 6.12. The maximum absolute atomic E-state index is 13.0. The predicted molar refractivity (Wildman–Crippen MR) is 108 cm³/mol. The van der Waals surface area contributed by atoms with E-state index in [-0.39, 0.29) is 35.7 Å². The molecule has 2 aromatic rings. The van der Waals surface area contributed by atoms with E-state index in [1.807, 2.05) is 18.2 Å². The molecule has 8 heteroatoms. The molecule has 2 amide bonds. The van der Waals surface area contributed by atoms with Crippen LogP contribution in [0.3, 0.4) is 0 Å². The summed E-state index contributed by atoms with van der Waals surface area (Å²) in [5.41, 5.74) is 1.54. The summed E-state index contributed by atoms with van der Waals surface area (Å²) in [5, 5.41) is 16.2. The zero-order valence-electron chi connectivity index (χ0n) is 16.7. The van der Waals surface area contributed by atoms with Crippen molar-refractivity contribution in [2.45, 2.75) is 43.7 Å². The Hall–Kier alpha value is -2.74. The van der Waals surface area contributed by atoms with Crippen molar-refractivity contribution in [1.29, 1.82) is 0 Å². The minimum Gasteiger partial charge on any atom is -0.353 e. The van der Waals surface area contributed by atoms with E-state index in [4.69, 9.17) is 0 Å². The van der Waals surface area contributed by atoms with E-state index >= 15 is 0 Å². The number of aromatic amines is 1. The van der Waals surface area contributed by atoms with Crippen molar-refractivity contribution < 1.29 is 9.59 Å². The van der Waals surface area contributed by atoms with Gasteiger partial charge in [0.25, 0.3) is 5.91 Å². The van der Waals surface area contributed by atoms with Gasteiger partial charge in [-0.2, -0.15) is 15.4 Å². The van der Waals surface area contributed by atoms with Crippen LogP contribution in [0.2, 0.25) is 0 Å². The van der Waals surface area contributed by atoms with Gasteiger partial charge in [-0.1, -0.05) is 30.3 Å². The van der Waals surface area contributed by atoms with Crippen molar-refractivity contribution in [2.75, 3.05) is 20.1 Å². The molecular weight excluding hydrogens is 368 g/mol. The molecule has 1 aliphatic carbocycles. The molecular formula is C21H28N6O2. The van der Waals surface area contributed by atoms with Crippen LogP contribution in [0.4, 0.5) is 0 Å². The first-order valence-electron chi connectivity index (χ1n) is 10.3. The lowest BCUT2D eigenvalue weighted by Crippen LogP contribution is -2.46. The van der Waals surface area contributed by atoms with E-state index in [0.29, 0.717) is 5.69 Å².